The number of hydrogen-bond acceptors (Lipinski definition) is 3. The third-order valence-electron chi connectivity index (χ3n) is 4.45. The maximum absolute atomic E-state index is 14.4. The topological polar surface area (TPSA) is 61.8 Å². The second-order valence-electron chi connectivity index (χ2n) is 6.96. The molecule has 27 heavy (non-hydrogen) atoms. The highest BCUT2D eigenvalue weighted by Crippen LogP contribution is 2.17. The van der Waals surface area contributed by atoms with E-state index in [-0.39, 0.29) is 29.3 Å². The van der Waals surface area contributed by atoms with E-state index in [1.54, 1.807) is 4.57 Å². The second-order valence-corrected chi connectivity index (χ2v) is 6.96. The van der Waals surface area contributed by atoms with Gasteiger partial charge in [-0.1, -0.05) is 20.8 Å². The first kappa shape index (κ1) is 19.0. The molecule has 2 aromatic heterocycles. The third kappa shape index (κ3) is 3.43. The summed E-state index contributed by atoms with van der Waals surface area (Å²) in [4.78, 5) is 30.2. The van der Waals surface area contributed by atoms with E-state index >= 15 is 0 Å². The molecule has 0 fully saturated rings. The van der Waals surface area contributed by atoms with Crippen molar-refractivity contribution in [2.45, 2.75) is 46.7 Å². The molecule has 2 heterocycles. The minimum Gasteiger partial charge on any atom is -0.325 e. The highest BCUT2D eigenvalue weighted by atomic mass is 19.1. The van der Waals surface area contributed by atoms with E-state index in [4.69, 9.17) is 0 Å². The van der Waals surface area contributed by atoms with Crippen LogP contribution in [0.15, 0.2) is 34.1 Å². The van der Waals surface area contributed by atoms with Crippen molar-refractivity contribution in [3.05, 3.63) is 57.0 Å². The van der Waals surface area contributed by atoms with Crippen LogP contribution in [-0.2, 0) is 13.1 Å². The van der Waals surface area contributed by atoms with Crippen LogP contribution < -0.4 is 11.2 Å². The molecule has 0 atom stereocenters. The van der Waals surface area contributed by atoms with Crippen molar-refractivity contribution >= 4 is 11.2 Å². The molecule has 0 saturated heterocycles. The average Bonchev–Trinajstić information content (AvgIpc) is 3.00. The summed E-state index contributed by atoms with van der Waals surface area (Å²) in [6, 6.07) is 2.96. The lowest BCUT2D eigenvalue weighted by Crippen LogP contribution is -2.40. The number of hydrogen-bond donors (Lipinski definition) is 0. The smallest absolute Gasteiger partial charge is 0.325 e. The fraction of sp³-hybridized carbons (Fsp3) is 0.421. The van der Waals surface area contributed by atoms with Crippen LogP contribution in [-0.4, -0.2) is 18.7 Å². The fourth-order valence-electron chi connectivity index (χ4n) is 3.05. The fourth-order valence-corrected chi connectivity index (χ4v) is 3.05. The molecule has 8 heteroatoms. The van der Waals surface area contributed by atoms with Crippen LogP contribution in [0.4, 0.5) is 8.78 Å². The van der Waals surface area contributed by atoms with Gasteiger partial charge in [0.15, 0.2) is 11.2 Å². The van der Waals surface area contributed by atoms with Crippen LogP contribution in [0, 0.1) is 17.6 Å². The van der Waals surface area contributed by atoms with Crippen LogP contribution in [0.3, 0.4) is 0 Å². The largest absolute Gasteiger partial charge is 0.337 e. The highest BCUT2D eigenvalue weighted by molar-refractivity contribution is 5.72. The number of imidazole rings is 1. The van der Waals surface area contributed by atoms with Crippen molar-refractivity contribution in [1.29, 1.82) is 0 Å². The Balaban J connectivity index is 2.37. The summed E-state index contributed by atoms with van der Waals surface area (Å²) in [7, 11) is 0. The minimum absolute atomic E-state index is 0.0738. The molecule has 3 rings (SSSR count). The molecule has 0 radical (unpaired) electrons. The van der Waals surface area contributed by atoms with Crippen molar-refractivity contribution in [2.24, 2.45) is 5.92 Å². The summed E-state index contributed by atoms with van der Waals surface area (Å²) in [5.74, 6) is -1.36. The third-order valence-corrected chi connectivity index (χ3v) is 4.45. The van der Waals surface area contributed by atoms with Gasteiger partial charge in [0.05, 0.1) is 12.0 Å². The van der Waals surface area contributed by atoms with E-state index < -0.39 is 22.9 Å². The van der Waals surface area contributed by atoms with E-state index in [9.17, 15) is 18.4 Å². The molecule has 0 saturated carbocycles. The van der Waals surface area contributed by atoms with E-state index in [0.29, 0.717) is 19.0 Å². The Morgan fingerprint density at radius 3 is 2.52 bits per heavy atom. The Bertz CT molecular complexity index is 1100. The number of fused-ring (bicyclic) bond motifs is 1. The highest BCUT2D eigenvalue weighted by Gasteiger charge is 2.21. The molecule has 0 amide bonds. The molecule has 3 aromatic rings. The number of halogens is 2. The molecule has 0 N–H and O–H groups in total. The van der Waals surface area contributed by atoms with Gasteiger partial charge in [0.25, 0.3) is 5.56 Å². The summed E-state index contributed by atoms with van der Waals surface area (Å²) in [6.45, 7) is 6.69. The summed E-state index contributed by atoms with van der Waals surface area (Å²) in [5, 5.41) is 0. The lowest BCUT2D eigenvalue weighted by molar-refractivity contribution is 0.489. The SMILES string of the molecule is CCCn1cnc2c1c(=O)n(CCC(C)C)c(=O)n2-c1ccc(F)cc1F. The predicted octanol–water partition coefficient (Wildman–Crippen LogP) is 3.08. The molecule has 0 aliphatic carbocycles. The Morgan fingerprint density at radius 2 is 1.89 bits per heavy atom. The van der Waals surface area contributed by atoms with Crippen LogP contribution in [0.5, 0.6) is 0 Å². The summed E-state index contributed by atoms with van der Waals surface area (Å²) in [6.07, 6.45) is 2.86. The van der Waals surface area contributed by atoms with Gasteiger partial charge in [-0.05, 0) is 30.9 Å². The van der Waals surface area contributed by atoms with Gasteiger partial charge in [0.2, 0.25) is 0 Å². The zero-order valence-electron chi connectivity index (χ0n) is 15.6. The van der Waals surface area contributed by atoms with Crippen molar-refractivity contribution in [3.8, 4) is 5.69 Å². The van der Waals surface area contributed by atoms with Gasteiger partial charge in [-0.2, -0.15) is 0 Å². The van der Waals surface area contributed by atoms with E-state index in [1.165, 1.54) is 12.4 Å². The monoisotopic (exact) mass is 376 g/mol. The average molecular weight is 376 g/mol. The minimum atomic E-state index is -0.891. The summed E-state index contributed by atoms with van der Waals surface area (Å²) in [5.41, 5.74) is -0.944. The van der Waals surface area contributed by atoms with Crippen molar-refractivity contribution in [1.82, 2.24) is 18.7 Å². The molecule has 1 aromatic carbocycles. The zero-order valence-corrected chi connectivity index (χ0v) is 15.6. The molecule has 0 aliphatic rings. The number of rotatable bonds is 6. The van der Waals surface area contributed by atoms with Crippen LogP contribution >= 0.6 is 0 Å². The zero-order chi connectivity index (χ0) is 19.7. The maximum atomic E-state index is 14.4. The first-order chi connectivity index (χ1) is 12.8. The quantitative estimate of drug-likeness (QED) is 0.664. The summed E-state index contributed by atoms with van der Waals surface area (Å²) < 4.78 is 31.6. The number of aromatic nitrogens is 4. The summed E-state index contributed by atoms with van der Waals surface area (Å²) >= 11 is 0. The molecule has 0 unspecified atom stereocenters. The van der Waals surface area contributed by atoms with Crippen molar-refractivity contribution < 1.29 is 8.78 Å². The maximum Gasteiger partial charge on any atom is 0.337 e. The van der Waals surface area contributed by atoms with Gasteiger partial charge in [-0.15, -0.1) is 0 Å². The normalized spacial score (nSPS) is 11.6. The Labute approximate surface area is 154 Å². The number of nitrogens with zero attached hydrogens (tertiary/aromatic N) is 4. The van der Waals surface area contributed by atoms with Gasteiger partial charge in [0.1, 0.15) is 11.6 Å². The first-order valence-electron chi connectivity index (χ1n) is 9.01. The lowest BCUT2D eigenvalue weighted by atomic mass is 10.1. The Morgan fingerprint density at radius 1 is 1.15 bits per heavy atom. The van der Waals surface area contributed by atoms with Crippen LogP contribution in [0.1, 0.15) is 33.6 Å². The molecular formula is C19H22F2N4O2. The molecule has 0 bridgehead atoms. The van der Waals surface area contributed by atoms with Gasteiger partial charge < -0.3 is 4.57 Å². The van der Waals surface area contributed by atoms with Gasteiger partial charge >= 0.3 is 5.69 Å². The van der Waals surface area contributed by atoms with Crippen LogP contribution in [0.25, 0.3) is 16.9 Å². The molecule has 6 nitrogen and oxygen atoms in total. The first-order valence-corrected chi connectivity index (χ1v) is 9.01. The molecule has 0 aliphatic heterocycles. The van der Waals surface area contributed by atoms with Crippen LogP contribution in [0.2, 0.25) is 0 Å². The Hall–Kier alpha value is -2.77. The van der Waals surface area contributed by atoms with Gasteiger partial charge in [-0.3, -0.25) is 9.36 Å². The predicted molar refractivity (Wildman–Crippen MR) is 99.3 cm³/mol. The lowest BCUT2D eigenvalue weighted by Gasteiger charge is -2.14. The van der Waals surface area contributed by atoms with E-state index in [1.807, 2.05) is 20.8 Å². The molecule has 0 spiro atoms. The Kier molecular flexibility index (Phi) is 5.25. The second kappa shape index (κ2) is 7.46. The van der Waals surface area contributed by atoms with Crippen molar-refractivity contribution in [3.63, 3.8) is 0 Å². The van der Waals surface area contributed by atoms with Gasteiger partial charge in [0, 0.05) is 19.2 Å². The van der Waals surface area contributed by atoms with E-state index in [0.717, 1.165) is 21.6 Å². The number of benzene rings is 1. The molecule has 144 valence electrons. The van der Waals surface area contributed by atoms with E-state index in [2.05, 4.69) is 4.98 Å². The number of aryl methyl sites for hydroxylation is 1. The van der Waals surface area contributed by atoms with Gasteiger partial charge in [-0.25, -0.2) is 23.1 Å². The molecular weight excluding hydrogens is 354 g/mol. The van der Waals surface area contributed by atoms with Crippen molar-refractivity contribution in [2.75, 3.05) is 0 Å². The standard InChI is InChI=1S/C19H22F2N4O2/c1-4-8-23-11-22-17-16(23)18(26)24(9-7-12(2)3)19(27)25(17)15-6-5-13(20)10-14(15)21/h5-6,10-12H,4,7-9H2,1-3H3.